The van der Waals surface area contributed by atoms with Gasteiger partial charge in [0.15, 0.2) is 12.3 Å². The Kier molecular flexibility index (Phi) is 18.4. The Hall–Kier alpha value is -0.220. The van der Waals surface area contributed by atoms with E-state index in [2.05, 4.69) is 27.7 Å². The highest BCUT2D eigenvalue weighted by Crippen LogP contribution is 2.35. The number of amides is 4. The van der Waals surface area contributed by atoms with Crippen LogP contribution in [0, 0.1) is 0 Å². The molecule has 0 radical (unpaired) electrons. The number of nitrogens with zero attached hydrogens (tertiary/aromatic N) is 4. The lowest BCUT2D eigenvalue weighted by molar-refractivity contribution is -0.0307. The van der Waals surface area contributed by atoms with E-state index in [1.807, 2.05) is 0 Å². The maximum atomic E-state index is 13.6. The average molecular weight is 615 g/mol. The lowest BCUT2D eigenvalue weighted by Crippen LogP contribution is -2.48. The maximum Gasteiger partial charge on any atom is 0.327 e. The first kappa shape index (κ1) is 34.0. The van der Waals surface area contributed by atoms with Gasteiger partial charge in [-0.05, 0) is 23.0 Å². The van der Waals surface area contributed by atoms with Gasteiger partial charge in [0.1, 0.15) is 26.9 Å². The molecule has 2 rings (SSSR count). The van der Waals surface area contributed by atoms with Gasteiger partial charge in [-0.15, -0.1) is 0 Å². The molecule has 0 spiro atoms. The molecule has 0 saturated carbocycles. The Morgan fingerprint density at radius 3 is 0.947 bits per heavy atom. The smallest absolute Gasteiger partial charge is 0.327 e. The molecule has 4 amide bonds. The van der Waals surface area contributed by atoms with Gasteiger partial charge in [0.05, 0.1) is 26.4 Å². The minimum Gasteiger partial charge on any atom is -0.360 e. The van der Waals surface area contributed by atoms with Crippen LogP contribution in [0.25, 0.3) is 0 Å². The summed E-state index contributed by atoms with van der Waals surface area (Å²) in [5, 5.41) is 0. The van der Waals surface area contributed by atoms with Crippen LogP contribution in [0.3, 0.4) is 0 Å². The highest BCUT2D eigenvalue weighted by atomic mass is 32.2. The molecule has 0 unspecified atom stereocenters. The second-order valence-corrected chi connectivity index (χ2v) is 13.8. The van der Waals surface area contributed by atoms with Gasteiger partial charge in [-0.3, -0.25) is 19.6 Å². The third kappa shape index (κ3) is 10.6. The van der Waals surface area contributed by atoms with Crippen LogP contribution >= 0.6 is 47.0 Å². The van der Waals surface area contributed by atoms with Gasteiger partial charge < -0.3 is 18.9 Å². The van der Waals surface area contributed by atoms with Gasteiger partial charge in [-0.2, -0.15) is 47.0 Å². The first-order chi connectivity index (χ1) is 18.6. The number of thioether (sulfide) groups is 4. The third-order valence-corrected chi connectivity index (χ3v) is 9.21. The van der Waals surface area contributed by atoms with E-state index in [-0.39, 0.29) is 39.0 Å². The van der Waals surface area contributed by atoms with Crippen LogP contribution in [0.2, 0.25) is 0 Å². The monoisotopic (exact) mass is 614 g/mol. The van der Waals surface area contributed by atoms with E-state index in [9.17, 15) is 9.59 Å². The number of fused-ring (bicyclic) bond motifs is 1. The minimum absolute atomic E-state index is 0.101. The fraction of sp³-hybridized carbons (Fsp3) is 0.917. The number of carbonyl (C=O) groups is 2. The van der Waals surface area contributed by atoms with Crippen molar-refractivity contribution in [2.45, 2.75) is 40.0 Å². The molecule has 14 heteroatoms. The van der Waals surface area contributed by atoms with Crippen LogP contribution in [0.5, 0.6) is 0 Å². The predicted molar refractivity (Wildman–Crippen MR) is 161 cm³/mol. The molecule has 0 aliphatic carbocycles. The van der Waals surface area contributed by atoms with E-state index in [1.165, 1.54) is 0 Å². The standard InChI is InChI=1S/C24H46N4O6S4/c1-5-35-13-9-31-17-25-21-22(27(23(25)29)19-33-11-15-37-7-3)28(20-34-12-16-38-8-4)24(30)26(21)18-32-10-14-36-6-2/h21-22H,5-20H2,1-4H3. The van der Waals surface area contributed by atoms with Gasteiger partial charge >= 0.3 is 12.1 Å². The summed E-state index contributed by atoms with van der Waals surface area (Å²) in [5.74, 6) is 7.46. The summed E-state index contributed by atoms with van der Waals surface area (Å²) in [7, 11) is 0. The van der Waals surface area contributed by atoms with Crippen molar-refractivity contribution >= 4 is 59.1 Å². The Morgan fingerprint density at radius 1 is 0.500 bits per heavy atom. The summed E-state index contributed by atoms with van der Waals surface area (Å²) in [5.41, 5.74) is 0. The summed E-state index contributed by atoms with van der Waals surface area (Å²) < 4.78 is 23.5. The summed E-state index contributed by atoms with van der Waals surface area (Å²) in [4.78, 5) is 33.7. The van der Waals surface area contributed by atoms with Crippen LogP contribution < -0.4 is 0 Å². The highest BCUT2D eigenvalue weighted by Gasteiger charge is 2.59. The van der Waals surface area contributed by atoms with Crippen molar-refractivity contribution in [3.05, 3.63) is 0 Å². The zero-order valence-corrected chi connectivity index (χ0v) is 26.6. The number of hydrogen-bond donors (Lipinski definition) is 0. The van der Waals surface area contributed by atoms with Crippen molar-refractivity contribution in [1.29, 1.82) is 0 Å². The van der Waals surface area contributed by atoms with Crippen LogP contribution in [-0.2, 0) is 18.9 Å². The van der Waals surface area contributed by atoms with Gasteiger partial charge in [0, 0.05) is 23.0 Å². The van der Waals surface area contributed by atoms with Crippen LogP contribution in [0.4, 0.5) is 9.59 Å². The lowest BCUT2D eigenvalue weighted by atomic mass is 10.3. The minimum atomic E-state index is -0.546. The van der Waals surface area contributed by atoms with Crippen molar-refractivity contribution < 1.29 is 28.5 Å². The molecule has 0 aromatic carbocycles. The van der Waals surface area contributed by atoms with Crippen LogP contribution in [0.1, 0.15) is 27.7 Å². The third-order valence-electron chi connectivity index (χ3n) is 5.75. The number of urea groups is 2. The zero-order valence-electron chi connectivity index (χ0n) is 23.3. The van der Waals surface area contributed by atoms with Gasteiger partial charge in [-0.1, -0.05) is 27.7 Å². The first-order valence-electron chi connectivity index (χ1n) is 13.4. The molecular formula is C24H46N4O6S4. The van der Waals surface area contributed by atoms with E-state index in [4.69, 9.17) is 18.9 Å². The molecular weight excluding hydrogens is 569 g/mol. The molecule has 0 bridgehead atoms. The second kappa shape index (κ2) is 20.6. The maximum absolute atomic E-state index is 13.6. The van der Waals surface area contributed by atoms with Crippen LogP contribution in [-0.4, -0.2) is 143 Å². The molecule has 0 aromatic rings. The number of hydrogen-bond acceptors (Lipinski definition) is 10. The van der Waals surface area contributed by atoms with Crippen molar-refractivity contribution in [2.75, 3.05) is 99.4 Å². The predicted octanol–water partition coefficient (Wildman–Crippen LogP) is 4.02. The van der Waals surface area contributed by atoms with Gasteiger partial charge in [0.2, 0.25) is 0 Å². The number of ether oxygens (including phenoxy) is 4. The molecule has 222 valence electrons. The van der Waals surface area contributed by atoms with E-state index in [1.54, 1.807) is 66.6 Å². The van der Waals surface area contributed by atoms with Gasteiger partial charge in [0.25, 0.3) is 0 Å². The fourth-order valence-corrected chi connectivity index (χ4v) is 6.09. The Bertz CT molecular complexity index is 569. The number of rotatable bonds is 24. The summed E-state index contributed by atoms with van der Waals surface area (Å²) in [6.07, 6.45) is -1.09. The van der Waals surface area contributed by atoms with Crippen LogP contribution in [0.15, 0.2) is 0 Å². The molecule has 2 saturated heterocycles. The summed E-state index contributed by atoms with van der Waals surface area (Å²) in [6.45, 7) is 11.0. The zero-order chi connectivity index (χ0) is 27.6. The first-order valence-corrected chi connectivity index (χ1v) is 18.0. The molecule has 0 N–H and O–H groups in total. The van der Waals surface area contributed by atoms with Crippen molar-refractivity contribution in [1.82, 2.24) is 19.6 Å². The molecule has 2 fully saturated rings. The van der Waals surface area contributed by atoms with E-state index in [0.29, 0.717) is 26.4 Å². The summed E-state index contributed by atoms with van der Waals surface area (Å²) >= 11 is 7.15. The normalized spacial score (nSPS) is 19.4. The topological polar surface area (TPSA) is 84.0 Å². The Morgan fingerprint density at radius 2 is 0.737 bits per heavy atom. The Labute approximate surface area is 245 Å². The summed E-state index contributed by atoms with van der Waals surface area (Å²) in [6, 6.07) is -0.422. The largest absolute Gasteiger partial charge is 0.360 e. The quantitative estimate of drug-likeness (QED) is 0.149. The highest BCUT2D eigenvalue weighted by molar-refractivity contribution is 7.99. The molecule has 10 nitrogen and oxygen atoms in total. The molecule has 0 aromatic heterocycles. The second-order valence-electron chi connectivity index (χ2n) is 8.21. The fourth-order valence-electron chi connectivity index (χ4n) is 3.99. The molecule has 2 aliphatic heterocycles. The molecule has 38 heavy (non-hydrogen) atoms. The van der Waals surface area contributed by atoms with E-state index in [0.717, 1.165) is 46.0 Å². The molecule has 2 heterocycles. The molecule has 0 atom stereocenters. The van der Waals surface area contributed by atoms with Gasteiger partial charge in [-0.25, -0.2) is 9.59 Å². The average Bonchev–Trinajstić information content (AvgIpc) is 3.33. The van der Waals surface area contributed by atoms with E-state index >= 15 is 0 Å². The Balaban J connectivity index is 2.17. The van der Waals surface area contributed by atoms with Crippen molar-refractivity contribution in [3.8, 4) is 0 Å². The van der Waals surface area contributed by atoms with Crippen molar-refractivity contribution in [2.24, 2.45) is 0 Å². The number of carbonyl (C=O) groups excluding carboxylic acids is 2. The van der Waals surface area contributed by atoms with E-state index < -0.39 is 12.3 Å². The molecule has 2 aliphatic rings. The SMILES string of the molecule is CCSCCOCN1C(=O)N(COCCSCC)C2C1N(COCCSCC)C(=O)N2COCCSCC. The van der Waals surface area contributed by atoms with Crippen molar-refractivity contribution in [3.63, 3.8) is 0 Å². The lowest BCUT2D eigenvalue weighted by Gasteiger charge is -2.29.